The lowest BCUT2D eigenvalue weighted by Gasteiger charge is -2.09. The molecule has 3 N–H and O–H groups in total. The number of nitrogen functional groups attached to an aromatic ring is 1. The third-order valence-electron chi connectivity index (χ3n) is 2.04. The van der Waals surface area contributed by atoms with E-state index >= 15 is 0 Å². The van der Waals surface area contributed by atoms with Crippen LogP contribution in [0.2, 0.25) is 5.02 Å². The fourth-order valence-corrected chi connectivity index (χ4v) is 1.54. The molecule has 0 saturated heterocycles. The fraction of sp³-hybridized carbons (Fsp3) is 0.125. The van der Waals surface area contributed by atoms with E-state index in [2.05, 4.69) is 10.0 Å². The summed E-state index contributed by atoms with van der Waals surface area (Å²) < 4.78 is 0. The number of carbonyl (C=O) groups is 1. The summed E-state index contributed by atoms with van der Waals surface area (Å²) in [5, 5.41) is 22.1. The van der Waals surface area contributed by atoms with Crippen molar-refractivity contribution in [3.63, 3.8) is 0 Å². The highest BCUT2D eigenvalue weighted by Gasteiger charge is 2.20. The molecule has 0 unspecified atom stereocenters. The van der Waals surface area contributed by atoms with Crippen LogP contribution in [0.5, 0.6) is 0 Å². The second-order valence-electron chi connectivity index (χ2n) is 3.14. The summed E-state index contributed by atoms with van der Waals surface area (Å²) >= 11 is 5.73. The first-order valence-electron chi connectivity index (χ1n) is 4.39. The van der Waals surface area contributed by atoms with Crippen molar-refractivity contribution in [2.45, 2.75) is 6.54 Å². The lowest BCUT2D eigenvalue weighted by molar-refractivity contribution is -0.496. The van der Waals surface area contributed by atoms with E-state index < -0.39 is 23.0 Å². The quantitative estimate of drug-likeness (QED) is 0.215. The smallest absolute Gasteiger partial charge is 0.336 e. The summed E-state index contributed by atoms with van der Waals surface area (Å²) in [6, 6.07) is 0.969. The van der Waals surface area contributed by atoms with Gasteiger partial charge < -0.3 is 10.8 Å². The van der Waals surface area contributed by atoms with Crippen molar-refractivity contribution >= 4 is 28.9 Å². The van der Waals surface area contributed by atoms with Gasteiger partial charge in [0, 0.05) is 15.4 Å². The van der Waals surface area contributed by atoms with E-state index in [0.717, 1.165) is 6.07 Å². The highest BCUT2D eigenvalue weighted by molar-refractivity contribution is 6.36. The first-order chi connectivity index (χ1) is 8.38. The minimum atomic E-state index is -1.43. The molecule has 0 aliphatic carbocycles. The molecule has 0 aromatic heterocycles. The fourth-order valence-electron chi connectivity index (χ4n) is 1.28. The van der Waals surface area contributed by atoms with E-state index in [9.17, 15) is 14.9 Å². The largest absolute Gasteiger partial charge is 0.478 e. The van der Waals surface area contributed by atoms with Gasteiger partial charge in [-0.2, -0.15) is 0 Å². The van der Waals surface area contributed by atoms with Crippen molar-refractivity contribution < 1.29 is 14.8 Å². The van der Waals surface area contributed by atoms with Crippen molar-refractivity contribution in [2.75, 3.05) is 5.73 Å². The average molecular weight is 272 g/mol. The maximum atomic E-state index is 10.9. The minimum Gasteiger partial charge on any atom is -0.478 e. The van der Waals surface area contributed by atoms with Gasteiger partial charge in [0.25, 0.3) is 0 Å². The van der Waals surface area contributed by atoms with E-state index in [1.807, 2.05) is 0 Å². The molecular weight excluding hydrogens is 266 g/mol. The van der Waals surface area contributed by atoms with Gasteiger partial charge in [-0.1, -0.05) is 16.7 Å². The number of azide groups is 1. The van der Waals surface area contributed by atoms with Crippen LogP contribution in [-0.2, 0) is 6.54 Å². The first-order valence-corrected chi connectivity index (χ1v) is 4.77. The molecule has 18 heavy (non-hydrogen) atoms. The molecule has 0 atom stereocenters. The Kier molecular flexibility index (Phi) is 3.93. The van der Waals surface area contributed by atoms with Gasteiger partial charge in [-0.25, -0.2) is 4.79 Å². The molecule has 0 amide bonds. The topological polar surface area (TPSA) is 155 Å². The predicted molar refractivity (Wildman–Crippen MR) is 62.3 cm³/mol. The van der Waals surface area contributed by atoms with Crippen LogP contribution in [-0.4, -0.2) is 16.0 Å². The second kappa shape index (κ2) is 5.21. The predicted octanol–water partition coefficient (Wildman–Crippen LogP) is 2.34. The number of carboxylic acids is 1. The number of hydrogen-bond donors (Lipinski definition) is 2. The number of nitrogens with two attached hydrogens (primary N) is 1. The van der Waals surface area contributed by atoms with Crippen molar-refractivity contribution in [3.05, 3.63) is 42.8 Å². The number of halogens is 1. The van der Waals surface area contributed by atoms with Crippen LogP contribution in [0.25, 0.3) is 10.4 Å². The van der Waals surface area contributed by atoms with Crippen molar-refractivity contribution in [1.29, 1.82) is 0 Å². The monoisotopic (exact) mass is 271 g/mol. The van der Waals surface area contributed by atoms with Gasteiger partial charge in [-0.05, 0) is 11.6 Å². The second-order valence-corrected chi connectivity index (χ2v) is 3.52. The molecule has 94 valence electrons. The minimum absolute atomic E-state index is 0.0562. The SMILES string of the molecule is [N-]=[N+]=Nc1c(C(=O)O)cc(C[N+](=O)[O-])c(N)c1Cl. The zero-order chi connectivity index (χ0) is 13.9. The molecule has 1 aromatic rings. The zero-order valence-corrected chi connectivity index (χ0v) is 9.46. The Morgan fingerprint density at radius 2 is 2.33 bits per heavy atom. The summed E-state index contributed by atoms with van der Waals surface area (Å²) in [6.45, 7) is -0.678. The van der Waals surface area contributed by atoms with Gasteiger partial charge in [0.05, 0.1) is 22.0 Å². The molecule has 0 aliphatic heterocycles. The summed E-state index contributed by atoms with van der Waals surface area (Å²) in [5.41, 5.74) is 12.8. The molecule has 0 radical (unpaired) electrons. The highest BCUT2D eigenvalue weighted by Crippen LogP contribution is 2.37. The van der Waals surface area contributed by atoms with Gasteiger partial charge >= 0.3 is 5.97 Å². The average Bonchev–Trinajstić information content (AvgIpc) is 2.27. The van der Waals surface area contributed by atoms with E-state index in [4.69, 9.17) is 28.0 Å². The summed E-state index contributed by atoms with van der Waals surface area (Å²) in [5.74, 6) is -1.43. The van der Waals surface area contributed by atoms with Crippen LogP contribution in [0.3, 0.4) is 0 Å². The molecular formula is C8H6ClN5O4. The van der Waals surface area contributed by atoms with Gasteiger partial charge in [0.2, 0.25) is 6.54 Å². The number of anilines is 1. The van der Waals surface area contributed by atoms with Crippen LogP contribution < -0.4 is 5.73 Å². The summed E-state index contributed by atoms with van der Waals surface area (Å²) in [6.07, 6.45) is 0. The molecule has 0 aliphatic rings. The van der Waals surface area contributed by atoms with E-state index in [-0.39, 0.29) is 22.0 Å². The third kappa shape index (κ3) is 2.59. The Morgan fingerprint density at radius 3 is 2.78 bits per heavy atom. The van der Waals surface area contributed by atoms with Gasteiger partial charge in [-0.3, -0.25) is 10.1 Å². The molecule has 0 spiro atoms. The van der Waals surface area contributed by atoms with Crippen molar-refractivity contribution in [1.82, 2.24) is 0 Å². The molecule has 10 heteroatoms. The van der Waals surface area contributed by atoms with Crippen LogP contribution in [0.4, 0.5) is 11.4 Å². The molecule has 1 aromatic carbocycles. The third-order valence-corrected chi connectivity index (χ3v) is 2.42. The number of rotatable bonds is 4. The number of benzene rings is 1. The lowest BCUT2D eigenvalue weighted by atomic mass is 10.1. The highest BCUT2D eigenvalue weighted by atomic mass is 35.5. The van der Waals surface area contributed by atoms with Crippen LogP contribution >= 0.6 is 11.6 Å². The van der Waals surface area contributed by atoms with E-state index in [1.54, 1.807) is 0 Å². The number of nitro groups is 1. The zero-order valence-electron chi connectivity index (χ0n) is 8.70. The lowest BCUT2D eigenvalue weighted by Crippen LogP contribution is -2.07. The van der Waals surface area contributed by atoms with Gasteiger partial charge in [0.15, 0.2) is 0 Å². The molecule has 0 saturated carbocycles. The molecule has 1 rings (SSSR count). The molecule has 0 fully saturated rings. The maximum Gasteiger partial charge on any atom is 0.336 e. The molecule has 9 nitrogen and oxygen atoms in total. The standard InChI is InChI=1S/C8H6ClN5O4/c9-5-6(10)3(2-14(17)18)1-4(8(15)16)7(5)12-13-11/h1H,2,10H2,(H,15,16). The van der Waals surface area contributed by atoms with Crippen molar-refractivity contribution in [2.24, 2.45) is 5.11 Å². The number of carboxylic acid groups (broad SMARTS) is 1. The van der Waals surface area contributed by atoms with Crippen LogP contribution in [0.15, 0.2) is 11.2 Å². The number of hydrogen-bond acceptors (Lipinski definition) is 5. The Labute approximate surface area is 105 Å². The molecule has 0 heterocycles. The van der Waals surface area contributed by atoms with Gasteiger partial charge in [-0.15, -0.1) is 0 Å². The normalized spacial score (nSPS) is 9.61. The van der Waals surface area contributed by atoms with E-state index in [1.165, 1.54) is 0 Å². The number of aromatic carboxylic acids is 1. The van der Waals surface area contributed by atoms with Gasteiger partial charge in [0.1, 0.15) is 0 Å². The van der Waals surface area contributed by atoms with Crippen molar-refractivity contribution in [3.8, 4) is 0 Å². The Morgan fingerprint density at radius 1 is 1.72 bits per heavy atom. The first kappa shape index (κ1) is 13.6. The Hall–Kier alpha value is -2.51. The number of nitrogens with zero attached hydrogens (tertiary/aromatic N) is 4. The summed E-state index contributed by atoms with van der Waals surface area (Å²) in [4.78, 5) is 23.1. The Balaban J connectivity index is 3.57. The van der Waals surface area contributed by atoms with Crippen LogP contribution in [0, 0.1) is 10.1 Å². The van der Waals surface area contributed by atoms with E-state index in [0.29, 0.717) is 0 Å². The Bertz CT molecular complexity index is 581. The van der Waals surface area contributed by atoms with Crippen LogP contribution in [0.1, 0.15) is 15.9 Å². The summed E-state index contributed by atoms with van der Waals surface area (Å²) in [7, 11) is 0. The molecule has 0 bridgehead atoms. The maximum absolute atomic E-state index is 10.9.